The van der Waals surface area contributed by atoms with E-state index in [0.29, 0.717) is 13.1 Å². The molecule has 1 aromatic carbocycles. The Bertz CT molecular complexity index is 578. The topological polar surface area (TPSA) is 45.5 Å². The van der Waals surface area contributed by atoms with Gasteiger partial charge in [-0.3, -0.25) is 4.79 Å². The van der Waals surface area contributed by atoms with Gasteiger partial charge in [0.2, 0.25) is 5.91 Å². The summed E-state index contributed by atoms with van der Waals surface area (Å²) in [4.78, 5) is 14.2. The number of carbonyl (C=O) groups excluding carboxylic acids is 1. The Hall–Kier alpha value is -2.23. The number of fused-ring (bicyclic) bond motifs is 1. The predicted octanol–water partition coefficient (Wildman–Crippen LogP) is 2.45. The SMILES string of the molecule is CN(Cc1ccco1)C(=O)C1CNc2ccccc21. The van der Waals surface area contributed by atoms with Crippen LogP contribution in [0.2, 0.25) is 0 Å². The molecule has 0 bridgehead atoms. The van der Waals surface area contributed by atoms with E-state index in [1.807, 2.05) is 43.4 Å². The molecular formula is C15H16N2O2. The third-order valence-electron chi connectivity index (χ3n) is 3.48. The predicted molar refractivity (Wildman–Crippen MR) is 72.9 cm³/mol. The van der Waals surface area contributed by atoms with Crippen LogP contribution in [0.4, 0.5) is 5.69 Å². The molecule has 1 amide bonds. The van der Waals surface area contributed by atoms with Crippen LogP contribution in [0.25, 0.3) is 0 Å². The fourth-order valence-corrected chi connectivity index (χ4v) is 2.48. The molecule has 0 saturated heterocycles. The molecule has 3 rings (SSSR count). The monoisotopic (exact) mass is 256 g/mol. The van der Waals surface area contributed by atoms with Crippen LogP contribution >= 0.6 is 0 Å². The number of benzene rings is 1. The lowest BCUT2D eigenvalue weighted by molar-refractivity contribution is -0.131. The molecule has 1 aliphatic rings. The molecule has 98 valence electrons. The third kappa shape index (κ3) is 2.21. The lowest BCUT2D eigenvalue weighted by atomic mass is 10.00. The lowest BCUT2D eigenvalue weighted by Gasteiger charge is -2.20. The number of furan rings is 1. The average molecular weight is 256 g/mol. The van der Waals surface area contributed by atoms with E-state index in [-0.39, 0.29) is 11.8 Å². The summed E-state index contributed by atoms with van der Waals surface area (Å²) in [5.74, 6) is 0.820. The second-order valence-electron chi connectivity index (χ2n) is 4.79. The summed E-state index contributed by atoms with van der Waals surface area (Å²) in [6.45, 7) is 1.17. The molecule has 1 N–H and O–H groups in total. The largest absolute Gasteiger partial charge is 0.467 e. The fourth-order valence-electron chi connectivity index (χ4n) is 2.48. The number of para-hydroxylation sites is 1. The van der Waals surface area contributed by atoms with E-state index >= 15 is 0 Å². The molecule has 1 unspecified atom stereocenters. The third-order valence-corrected chi connectivity index (χ3v) is 3.48. The summed E-state index contributed by atoms with van der Waals surface area (Å²) >= 11 is 0. The first-order valence-electron chi connectivity index (χ1n) is 6.36. The van der Waals surface area contributed by atoms with Crippen LogP contribution < -0.4 is 5.32 Å². The van der Waals surface area contributed by atoms with Crippen molar-refractivity contribution in [1.82, 2.24) is 4.90 Å². The number of nitrogens with zero attached hydrogens (tertiary/aromatic N) is 1. The molecular weight excluding hydrogens is 240 g/mol. The van der Waals surface area contributed by atoms with Crippen LogP contribution in [0, 0.1) is 0 Å². The van der Waals surface area contributed by atoms with Crippen molar-refractivity contribution in [3.63, 3.8) is 0 Å². The second-order valence-corrected chi connectivity index (χ2v) is 4.79. The zero-order chi connectivity index (χ0) is 13.2. The molecule has 1 aliphatic heterocycles. The van der Waals surface area contributed by atoms with Crippen molar-refractivity contribution in [1.29, 1.82) is 0 Å². The van der Waals surface area contributed by atoms with Gasteiger partial charge in [0.05, 0.1) is 18.7 Å². The highest BCUT2D eigenvalue weighted by Crippen LogP contribution is 2.32. The Morgan fingerprint density at radius 2 is 2.21 bits per heavy atom. The van der Waals surface area contributed by atoms with Crippen molar-refractivity contribution in [3.05, 3.63) is 54.0 Å². The van der Waals surface area contributed by atoms with E-state index in [9.17, 15) is 4.79 Å². The highest BCUT2D eigenvalue weighted by molar-refractivity contribution is 5.88. The van der Waals surface area contributed by atoms with Crippen LogP contribution in [0.15, 0.2) is 47.1 Å². The van der Waals surface area contributed by atoms with Gasteiger partial charge < -0.3 is 14.6 Å². The van der Waals surface area contributed by atoms with E-state index in [4.69, 9.17) is 4.42 Å². The first-order chi connectivity index (χ1) is 9.25. The summed E-state index contributed by atoms with van der Waals surface area (Å²) in [7, 11) is 1.81. The molecule has 1 atom stereocenters. The fraction of sp³-hybridized carbons (Fsp3) is 0.267. The van der Waals surface area contributed by atoms with Gasteiger partial charge in [0.15, 0.2) is 0 Å². The smallest absolute Gasteiger partial charge is 0.232 e. The number of nitrogens with one attached hydrogen (secondary N) is 1. The molecule has 0 aliphatic carbocycles. The quantitative estimate of drug-likeness (QED) is 0.917. The maximum Gasteiger partial charge on any atom is 0.232 e. The molecule has 4 nitrogen and oxygen atoms in total. The minimum atomic E-state index is -0.101. The number of carbonyl (C=O) groups is 1. The Kier molecular flexibility index (Phi) is 2.99. The maximum atomic E-state index is 12.5. The van der Waals surface area contributed by atoms with Crippen molar-refractivity contribution in [2.45, 2.75) is 12.5 Å². The van der Waals surface area contributed by atoms with Crippen molar-refractivity contribution in [2.24, 2.45) is 0 Å². The lowest BCUT2D eigenvalue weighted by Crippen LogP contribution is -2.32. The minimum Gasteiger partial charge on any atom is -0.467 e. The Balaban J connectivity index is 1.74. The summed E-state index contributed by atoms with van der Waals surface area (Å²) in [5, 5.41) is 3.27. The molecule has 0 spiro atoms. The van der Waals surface area contributed by atoms with E-state index in [1.165, 1.54) is 0 Å². The van der Waals surface area contributed by atoms with Gasteiger partial charge in [-0.2, -0.15) is 0 Å². The first kappa shape index (κ1) is 11.8. The average Bonchev–Trinajstić information content (AvgIpc) is 3.06. The van der Waals surface area contributed by atoms with Crippen molar-refractivity contribution < 1.29 is 9.21 Å². The van der Waals surface area contributed by atoms with E-state index in [2.05, 4.69) is 5.32 Å². The number of amides is 1. The molecule has 0 fully saturated rings. The summed E-state index contributed by atoms with van der Waals surface area (Å²) < 4.78 is 5.28. The van der Waals surface area contributed by atoms with Crippen LogP contribution in [-0.4, -0.2) is 24.4 Å². The minimum absolute atomic E-state index is 0.101. The Morgan fingerprint density at radius 3 is 3.00 bits per heavy atom. The normalized spacial score (nSPS) is 16.8. The van der Waals surface area contributed by atoms with E-state index in [1.54, 1.807) is 11.2 Å². The van der Waals surface area contributed by atoms with E-state index in [0.717, 1.165) is 17.0 Å². The molecule has 2 heterocycles. The number of rotatable bonds is 3. The summed E-state index contributed by atoms with van der Waals surface area (Å²) in [6, 6.07) is 11.7. The van der Waals surface area contributed by atoms with Crippen LogP contribution in [0.5, 0.6) is 0 Å². The van der Waals surface area contributed by atoms with Gasteiger partial charge in [0.1, 0.15) is 5.76 Å². The molecule has 0 saturated carbocycles. The van der Waals surface area contributed by atoms with Crippen molar-refractivity contribution >= 4 is 11.6 Å². The maximum absolute atomic E-state index is 12.5. The number of likely N-dealkylation sites (N-methyl/N-ethyl adjacent to an activating group) is 1. The zero-order valence-corrected chi connectivity index (χ0v) is 10.8. The number of anilines is 1. The van der Waals surface area contributed by atoms with Gasteiger partial charge in [-0.15, -0.1) is 0 Å². The van der Waals surface area contributed by atoms with Gasteiger partial charge >= 0.3 is 0 Å². The van der Waals surface area contributed by atoms with Gasteiger partial charge in [-0.05, 0) is 23.8 Å². The summed E-state index contributed by atoms with van der Waals surface area (Å²) in [6.07, 6.45) is 1.63. The van der Waals surface area contributed by atoms with Crippen LogP contribution in [0.3, 0.4) is 0 Å². The van der Waals surface area contributed by atoms with Gasteiger partial charge in [0.25, 0.3) is 0 Å². The van der Waals surface area contributed by atoms with Gasteiger partial charge in [-0.1, -0.05) is 18.2 Å². The molecule has 0 radical (unpaired) electrons. The van der Waals surface area contributed by atoms with Crippen molar-refractivity contribution in [2.75, 3.05) is 18.9 Å². The van der Waals surface area contributed by atoms with Gasteiger partial charge in [0, 0.05) is 19.3 Å². The molecule has 2 aromatic rings. The summed E-state index contributed by atoms with van der Waals surface area (Å²) in [5.41, 5.74) is 2.14. The first-order valence-corrected chi connectivity index (χ1v) is 6.36. The van der Waals surface area contributed by atoms with Crippen LogP contribution in [0.1, 0.15) is 17.2 Å². The Morgan fingerprint density at radius 1 is 1.37 bits per heavy atom. The number of hydrogen-bond acceptors (Lipinski definition) is 3. The van der Waals surface area contributed by atoms with E-state index < -0.39 is 0 Å². The van der Waals surface area contributed by atoms with Crippen molar-refractivity contribution in [3.8, 4) is 0 Å². The molecule has 4 heteroatoms. The second kappa shape index (κ2) is 4.80. The highest BCUT2D eigenvalue weighted by Gasteiger charge is 2.30. The standard InChI is InChI=1S/C15H16N2O2/c1-17(10-11-5-4-8-19-11)15(18)13-9-16-14-7-3-2-6-12(13)14/h2-8,13,16H,9-10H2,1H3. The number of hydrogen-bond donors (Lipinski definition) is 1. The highest BCUT2D eigenvalue weighted by atomic mass is 16.3. The Labute approximate surface area is 112 Å². The molecule has 1 aromatic heterocycles. The zero-order valence-electron chi connectivity index (χ0n) is 10.8. The molecule has 19 heavy (non-hydrogen) atoms. The van der Waals surface area contributed by atoms with Gasteiger partial charge in [-0.25, -0.2) is 0 Å². The van der Waals surface area contributed by atoms with Crippen LogP contribution in [-0.2, 0) is 11.3 Å².